The van der Waals surface area contributed by atoms with Crippen molar-refractivity contribution in [1.82, 2.24) is 0 Å². The summed E-state index contributed by atoms with van der Waals surface area (Å²) < 4.78 is 6.61. The molecule has 1 aromatic carbocycles. The average Bonchev–Trinajstić information content (AvgIpc) is 2.97. The van der Waals surface area contributed by atoms with E-state index in [1.165, 1.54) is 18.4 Å². The molecule has 1 aliphatic heterocycles. The highest BCUT2D eigenvalue weighted by Crippen LogP contribution is 2.37. The van der Waals surface area contributed by atoms with Gasteiger partial charge in [0.25, 0.3) is 0 Å². The highest BCUT2D eigenvalue weighted by Gasteiger charge is 2.28. The number of fused-ring (bicyclic) bond motifs is 1. The molecule has 1 fully saturated rings. The molecule has 0 aromatic heterocycles. The van der Waals surface area contributed by atoms with Crippen LogP contribution in [0.5, 0.6) is 5.75 Å². The molecule has 17 heavy (non-hydrogen) atoms. The second kappa shape index (κ2) is 4.45. The van der Waals surface area contributed by atoms with E-state index in [1.54, 1.807) is 0 Å². The topological polar surface area (TPSA) is 26.3 Å². The van der Waals surface area contributed by atoms with Gasteiger partial charge in [-0.25, -0.2) is 0 Å². The molecule has 0 radical (unpaired) electrons. The maximum absolute atomic E-state index is 12.5. The number of carbonyl (C=O) groups excluding carboxylic acids is 1. The monoisotopic (exact) mass is 294 g/mol. The molecule has 1 heterocycles. The summed E-state index contributed by atoms with van der Waals surface area (Å²) in [5.41, 5.74) is 1.96. The Bertz CT molecular complexity index is 462. The number of carbonyl (C=O) groups is 1. The summed E-state index contributed by atoms with van der Waals surface area (Å²) in [5.74, 6) is 1.34. The normalized spacial score (nSPS) is 19.1. The van der Waals surface area contributed by atoms with Gasteiger partial charge in [-0.15, -0.1) is 0 Å². The number of ether oxygens (including phenoxy) is 1. The maximum Gasteiger partial charge on any atom is 0.169 e. The van der Waals surface area contributed by atoms with Gasteiger partial charge in [0, 0.05) is 16.8 Å². The molecule has 1 aromatic rings. The van der Waals surface area contributed by atoms with Crippen LogP contribution in [-0.4, -0.2) is 12.4 Å². The third-order valence-electron chi connectivity index (χ3n) is 3.74. The van der Waals surface area contributed by atoms with Gasteiger partial charge in [-0.2, -0.15) is 0 Å². The fourth-order valence-corrected chi connectivity index (χ4v) is 3.37. The number of rotatable bonds is 2. The first-order valence-corrected chi connectivity index (χ1v) is 7.04. The zero-order chi connectivity index (χ0) is 11.8. The van der Waals surface area contributed by atoms with Crippen LogP contribution in [0.2, 0.25) is 0 Å². The van der Waals surface area contributed by atoms with Crippen LogP contribution >= 0.6 is 15.9 Å². The van der Waals surface area contributed by atoms with Gasteiger partial charge in [0.1, 0.15) is 5.75 Å². The van der Waals surface area contributed by atoms with E-state index in [9.17, 15) is 4.79 Å². The molecule has 1 aliphatic carbocycles. The van der Waals surface area contributed by atoms with Crippen molar-refractivity contribution in [2.75, 3.05) is 6.61 Å². The van der Waals surface area contributed by atoms with Crippen molar-refractivity contribution in [2.24, 2.45) is 5.92 Å². The van der Waals surface area contributed by atoms with E-state index in [0.717, 1.165) is 35.0 Å². The molecule has 0 N–H and O–H groups in total. The lowest BCUT2D eigenvalue weighted by Gasteiger charge is -2.12. The van der Waals surface area contributed by atoms with Gasteiger partial charge < -0.3 is 4.74 Å². The van der Waals surface area contributed by atoms with Crippen LogP contribution in [0.3, 0.4) is 0 Å². The molecule has 90 valence electrons. The van der Waals surface area contributed by atoms with Crippen LogP contribution in [0, 0.1) is 5.92 Å². The number of Topliss-reactive ketones (excluding diaryl/α,β-unsaturated/α-hetero) is 1. The Morgan fingerprint density at radius 2 is 2.06 bits per heavy atom. The zero-order valence-electron chi connectivity index (χ0n) is 9.67. The molecule has 3 rings (SSSR count). The summed E-state index contributed by atoms with van der Waals surface area (Å²) in [5, 5.41) is 0. The molecular weight excluding hydrogens is 280 g/mol. The van der Waals surface area contributed by atoms with E-state index in [0.29, 0.717) is 6.61 Å². The second-order valence-corrected chi connectivity index (χ2v) is 5.80. The minimum atomic E-state index is 0.220. The molecule has 1 saturated carbocycles. The summed E-state index contributed by atoms with van der Waals surface area (Å²) in [6, 6.07) is 3.98. The van der Waals surface area contributed by atoms with Crippen molar-refractivity contribution in [3.8, 4) is 5.75 Å². The third-order valence-corrected chi connectivity index (χ3v) is 4.20. The van der Waals surface area contributed by atoms with Crippen molar-refractivity contribution in [3.63, 3.8) is 0 Å². The van der Waals surface area contributed by atoms with Crippen molar-refractivity contribution in [3.05, 3.63) is 27.7 Å². The summed E-state index contributed by atoms with van der Waals surface area (Å²) in [6.07, 6.45) is 5.38. The van der Waals surface area contributed by atoms with Crippen LogP contribution in [0.15, 0.2) is 16.6 Å². The summed E-state index contributed by atoms with van der Waals surface area (Å²) in [6.45, 7) is 0.705. The van der Waals surface area contributed by atoms with E-state index >= 15 is 0 Å². The van der Waals surface area contributed by atoms with Gasteiger partial charge in [-0.3, -0.25) is 4.79 Å². The van der Waals surface area contributed by atoms with Gasteiger partial charge in [0.2, 0.25) is 0 Å². The maximum atomic E-state index is 12.5. The van der Waals surface area contributed by atoms with Gasteiger partial charge in [-0.05, 0) is 30.5 Å². The molecule has 0 bridgehead atoms. The van der Waals surface area contributed by atoms with Gasteiger partial charge in [-0.1, -0.05) is 28.8 Å². The fraction of sp³-hybridized carbons (Fsp3) is 0.500. The average molecular weight is 295 g/mol. The summed E-state index contributed by atoms with van der Waals surface area (Å²) in [4.78, 5) is 12.5. The first kappa shape index (κ1) is 11.3. The predicted molar refractivity (Wildman–Crippen MR) is 69.6 cm³/mol. The number of hydrogen-bond donors (Lipinski definition) is 0. The van der Waals surface area contributed by atoms with E-state index < -0.39 is 0 Å². The molecule has 0 saturated heterocycles. The number of hydrogen-bond acceptors (Lipinski definition) is 2. The van der Waals surface area contributed by atoms with Crippen LogP contribution in [0.4, 0.5) is 0 Å². The molecule has 2 aliphatic rings. The standard InChI is InChI=1S/C14H15BrO2/c15-11-7-10-5-6-17-14(10)12(8-11)13(16)9-3-1-2-4-9/h7-9H,1-6H2. The van der Waals surface area contributed by atoms with Gasteiger partial charge >= 0.3 is 0 Å². The van der Waals surface area contributed by atoms with Crippen LogP contribution in [0.25, 0.3) is 0 Å². The van der Waals surface area contributed by atoms with E-state index in [-0.39, 0.29) is 11.7 Å². The SMILES string of the molecule is O=C(c1cc(Br)cc2c1OCC2)C1CCCC1. The Morgan fingerprint density at radius 3 is 2.82 bits per heavy atom. The molecule has 0 atom stereocenters. The second-order valence-electron chi connectivity index (χ2n) is 4.89. The highest BCUT2D eigenvalue weighted by atomic mass is 79.9. The van der Waals surface area contributed by atoms with E-state index in [4.69, 9.17) is 4.74 Å². The summed E-state index contributed by atoms with van der Waals surface area (Å²) >= 11 is 3.48. The van der Waals surface area contributed by atoms with Crippen molar-refractivity contribution < 1.29 is 9.53 Å². The van der Waals surface area contributed by atoms with Crippen molar-refractivity contribution >= 4 is 21.7 Å². The Balaban J connectivity index is 1.99. The quantitative estimate of drug-likeness (QED) is 0.777. The molecule has 0 unspecified atom stereocenters. The fourth-order valence-electron chi connectivity index (χ4n) is 2.86. The Kier molecular flexibility index (Phi) is 2.95. The Morgan fingerprint density at radius 1 is 1.29 bits per heavy atom. The minimum Gasteiger partial charge on any atom is -0.492 e. The van der Waals surface area contributed by atoms with E-state index in [1.807, 2.05) is 6.07 Å². The van der Waals surface area contributed by atoms with Crippen molar-refractivity contribution in [2.45, 2.75) is 32.1 Å². The third kappa shape index (κ3) is 2.01. The Hall–Kier alpha value is -0.830. The summed E-state index contributed by atoms with van der Waals surface area (Å²) in [7, 11) is 0. The molecule has 0 amide bonds. The zero-order valence-corrected chi connectivity index (χ0v) is 11.3. The number of benzene rings is 1. The van der Waals surface area contributed by atoms with E-state index in [2.05, 4.69) is 22.0 Å². The largest absolute Gasteiger partial charge is 0.492 e. The minimum absolute atomic E-state index is 0.220. The lowest BCUT2D eigenvalue weighted by atomic mass is 9.94. The van der Waals surface area contributed by atoms with Gasteiger partial charge in [0.05, 0.1) is 12.2 Å². The highest BCUT2D eigenvalue weighted by molar-refractivity contribution is 9.10. The molecule has 2 nitrogen and oxygen atoms in total. The van der Waals surface area contributed by atoms with Gasteiger partial charge in [0.15, 0.2) is 5.78 Å². The lowest BCUT2D eigenvalue weighted by Crippen LogP contribution is -2.12. The van der Waals surface area contributed by atoms with Crippen molar-refractivity contribution in [1.29, 1.82) is 0 Å². The lowest BCUT2D eigenvalue weighted by molar-refractivity contribution is 0.0919. The van der Waals surface area contributed by atoms with Crippen LogP contribution in [0.1, 0.15) is 41.6 Å². The number of halogens is 1. The Labute approximate surface area is 109 Å². The molecule has 0 spiro atoms. The predicted octanol–water partition coefficient (Wildman–Crippen LogP) is 3.76. The smallest absolute Gasteiger partial charge is 0.169 e. The first-order chi connectivity index (χ1) is 8.25. The molecule has 3 heteroatoms. The van der Waals surface area contributed by atoms with Crippen LogP contribution < -0.4 is 4.74 Å². The number of ketones is 1. The molecular formula is C14H15BrO2. The first-order valence-electron chi connectivity index (χ1n) is 6.25. The van der Waals surface area contributed by atoms with Crippen LogP contribution in [-0.2, 0) is 6.42 Å².